The first-order valence-electron chi connectivity index (χ1n) is 6.23. The molecule has 3 heteroatoms. The van der Waals surface area contributed by atoms with E-state index in [-0.39, 0.29) is 5.41 Å². The number of hydrogen-bond donors (Lipinski definition) is 0. The summed E-state index contributed by atoms with van der Waals surface area (Å²) >= 11 is 0. The Morgan fingerprint density at radius 3 is 2.88 bits per heavy atom. The molecule has 0 amide bonds. The van der Waals surface area contributed by atoms with Gasteiger partial charge in [0.1, 0.15) is 0 Å². The molecule has 0 aromatic carbocycles. The highest BCUT2D eigenvalue weighted by Crippen LogP contribution is 2.40. The zero-order valence-corrected chi connectivity index (χ0v) is 10.4. The van der Waals surface area contributed by atoms with Crippen LogP contribution in [0.15, 0.2) is 24.5 Å². The second kappa shape index (κ2) is 5.29. The van der Waals surface area contributed by atoms with Crippen molar-refractivity contribution in [2.45, 2.75) is 25.7 Å². The highest BCUT2D eigenvalue weighted by atomic mass is 15.1. The minimum atomic E-state index is -0.0519. The molecular formula is C14H19N3. The van der Waals surface area contributed by atoms with Crippen LogP contribution in [0.1, 0.15) is 24.8 Å². The number of rotatable bonds is 5. The fourth-order valence-electron chi connectivity index (χ4n) is 2.37. The fraction of sp³-hybridized carbons (Fsp3) is 0.571. The van der Waals surface area contributed by atoms with E-state index >= 15 is 0 Å². The summed E-state index contributed by atoms with van der Waals surface area (Å²) in [5.41, 5.74) is 1.21. The van der Waals surface area contributed by atoms with Crippen LogP contribution in [0.2, 0.25) is 0 Å². The summed E-state index contributed by atoms with van der Waals surface area (Å²) in [6, 6.07) is 6.56. The molecule has 0 radical (unpaired) electrons. The van der Waals surface area contributed by atoms with Crippen molar-refractivity contribution in [3.05, 3.63) is 30.1 Å². The summed E-state index contributed by atoms with van der Waals surface area (Å²) in [6.45, 7) is 1.90. The van der Waals surface area contributed by atoms with Gasteiger partial charge in [0.2, 0.25) is 0 Å². The van der Waals surface area contributed by atoms with E-state index in [0.717, 1.165) is 32.4 Å². The molecule has 1 aromatic heterocycles. The predicted octanol–water partition coefficient (Wildman–Crippen LogP) is 2.25. The van der Waals surface area contributed by atoms with Crippen LogP contribution < -0.4 is 0 Å². The van der Waals surface area contributed by atoms with Gasteiger partial charge in [-0.2, -0.15) is 5.26 Å². The van der Waals surface area contributed by atoms with Gasteiger partial charge in [0.25, 0.3) is 0 Å². The van der Waals surface area contributed by atoms with Gasteiger partial charge >= 0.3 is 0 Å². The number of pyridine rings is 1. The molecule has 0 saturated heterocycles. The van der Waals surface area contributed by atoms with Crippen LogP contribution in [-0.2, 0) is 6.42 Å². The van der Waals surface area contributed by atoms with Crippen molar-refractivity contribution in [3.63, 3.8) is 0 Å². The summed E-state index contributed by atoms with van der Waals surface area (Å²) < 4.78 is 0. The van der Waals surface area contributed by atoms with Gasteiger partial charge < -0.3 is 4.90 Å². The van der Waals surface area contributed by atoms with E-state index in [0.29, 0.717) is 0 Å². The maximum Gasteiger partial charge on any atom is 0.0703 e. The Kier molecular flexibility index (Phi) is 3.75. The molecule has 0 aliphatic heterocycles. The summed E-state index contributed by atoms with van der Waals surface area (Å²) in [5, 5.41) is 9.18. The molecule has 1 aromatic rings. The highest BCUT2D eigenvalue weighted by molar-refractivity contribution is 5.09. The zero-order valence-electron chi connectivity index (χ0n) is 10.4. The second-order valence-corrected chi connectivity index (χ2v) is 5.09. The second-order valence-electron chi connectivity index (χ2n) is 5.09. The van der Waals surface area contributed by atoms with E-state index in [1.54, 1.807) is 6.20 Å². The molecule has 90 valence electrons. The van der Waals surface area contributed by atoms with Crippen molar-refractivity contribution in [2.24, 2.45) is 5.41 Å². The molecule has 1 heterocycles. The molecule has 0 N–H and O–H groups in total. The standard InChI is InChI=1S/C14H19N3/c1-17(12-14(11-15)6-3-7-14)9-5-13-4-2-8-16-10-13/h2,4,8,10H,3,5-7,9,12H2,1H3. The predicted molar refractivity (Wildman–Crippen MR) is 67.3 cm³/mol. The van der Waals surface area contributed by atoms with Crippen LogP contribution >= 0.6 is 0 Å². The van der Waals surface area contributed by atoms with Crippen molar-refractivity contribution in [1.82, 2.24) is 9.88 Å². The monoisotopic (exact) mass is 229 g/mol. The molecule has 0 unspecified atom stereocenters. The van der Waals surface area contributed by atoms with Crippen molar-refractivity contribution in [2.75, 3.05) is 20.1 Å². The lowest BCUT2D eigenvalue weighted by Crippen LogP contribution is -2.40. The molecule has 3 nitrogen and oxygen atoms in total. The van der Waals surface area contributed by atoms with E-state index < -0.39 is 0 Å². The maximum atomic E-state index is 9.18. The molecule has 0 bridgehead atoms. The lowest BCUT2D eigenvalue weighted by atomic mass is 9.69. The van der Waals surface area contributed by atoms with Gasteiger partial charge in [-0.3, -0.25) is 4.98 Å². The Hall–Kier alpha value is -1.40. The van der Waals surface area contributed by atoms with Gasteiger partial charge in [-0.15, -0.1) is 0 Å². The smallest absolute Gasteiger partial charge is 0.0703 e. The highest BCUT2D eigenvalue weighted by Gasteiger charge is 2.37. The quantitative estimate of drug-likeness (QED) is 0.777. The van der Waals surface area contributed by atoms with Crippen molar-refractivity contribution < 1.29 is 0 Å². The number of aromatic nitrogens is 1. The third-order valence-corrected chi connectivity index (χ3v) is 3.63. The summed E-state index contributed by atoms with van der Waals surface area (Å²) in [4.78, 5) is 6.38. The lowest BCUT2D eigenvalue weighted by molar-refractivity contribution is 0.139. The van der Waals surface area contributed by atoms with Crippen LogP contribution in [0.5, 0.6) is 0 Å². The Labute approximate surface area is 103 Å². The summed E-state index contributed by atoms with van der Waals surface area (Å²) in [6.07, 6.45) is 8.07. The average molecular weight is 229 g/mol. The maximum absolute atomic E-state index is 9.18. The van der Waals surface area contributed by atoms with Crippen molar-refractivity contribution in [1.29, 1.82) is 5.26 Å². The molecule has 1 aliphatic rings. The molecule has 1 saturated carbocycles. The Morgan fingerprint density at radius 1 is 1.53 bits per heavy atom. The molecule has 0 atom stereocenters. The first-order chi connectivity index (χ1) is 8.24. The number of likely N-dealkylation sites (N-methyl/N-ethyl adjacent to an activating group) is 1. The minimum absolute atomic E-state index is 0.0519. The number of nitriles is 1. The Morgan fingerprint density at radius 2 is 2.35 bits per heavy atom. The van der Waals surface area contributed by atoms with Gasteiger partial charge in [0.05, 0.1) is 11.5 Å². The van der Waals surface area contributed by atoms with E-state index in [2.05, 4.69) is 29.1 Å². The first-order valence-corrected chi connectivity index (χ1v) is 6.23. The average Bonchev–Trinajstić information content (AvgIpc) is 2.33. The SMILES string of the molecule is CN(CCc1cccnc1)CC1(C#N)CCC1. The van der Waals surface area contributed by atoms with Gasteiger partial charge in [-0.05, 0) is 37.9 Å². The van der Waals surface area contributed by atoms with E-state index in [1.165, 1.54) is 12.0 Å². The van der Waals surface area contributed by atoms with Crippen molar-refractivity contribution in [3.8, 4) is 6.07 Å². The lowest BCUT2D eigenvalue weighted by Gasteiger charge is -2.38. The summed E-state index contributed by atoms with van der Waals surface area (Å²) in [7, 11) is 2.10. The van der Waals surface area contributed by atoms with Crippen LogP contribution in [0.3, 0.4) is 0 Å². The van der Waals surface area contributed by atoms with Gasteiger partial charge in [0.15, 0.2) is 0 Å². The third-order valence-electron chi connectivity index (χ3n) is 3.63. The van der Waals surface area contributed by atoms with Crippen LogP contribution in [0.4, 0.5) is 0 Å². The number of nitrogens with zero attached hydrogens (tertiary/aromatic N) is 3. The van der Waals surface area contributed by atoms with Crippen LogP contribution in [-0.4, -0.2) is 30.0 Å². The molecule has 1 aliphatic carbocycles. The molecular weight excluding hydrogens is 210 g/mol. The normalized spacial score (nSPS) is 17.5. The molecule has 2 rings (SSSR count). The summed E-state index contributed by atoms with van der Waals surface area (Å²) in [5.74, 6) is 0. The third kappa shape index (κ3) is 3.04. The largest absolute Gasteiger partial charge is 0.304 e. The Bertz CT molecular complexity index is 390. The van der Waals surface area contributed by atoms with Crippen LogP contribution in [0.25, 0.3) is 0 Å². The Balaban J connectivity index is 1.78. The number of hydrogen-bond acceptors (Lipinski definition) is 3. The zero-order chi connectivity index (χ0) is 12.1. The molecule has 1 fully saturated rings. The van der Waals surface area contributed by atoms with Gasteiger partial charge in [0, 0.05) is 25.5 Å². The first kappa shape index (κ1) is 12.1. The van der Waals surface area contributed by atoms with E-state index in [4.69, 9.17) is 0 Å². The van der Waals surface area contributed by atoms with Gasteiger partial charge in [-0.1, -0.05) is 12.5 Å². The molecule has 17 heavy (non-hydrogen) atoms. The van der Waals surface area contributed by atoms with E-state index in [1.807, 2.05) is 12.3 Å². The minimum Gasteiger partial charge on any atom is -0.304 e. The van der Waals surface area contributed by atoms with Gasteiger partial charge in [-0.25, -0.2) is 0 Å². The van der Waals surface area contributed by atoms with Crippen molar-refractivity contribution >= 4 is 0 Å². The topological polar surface area (TPSA) is 39.9 Å². The fourth-order valence-corrected chi connectivity index (χ4v) is 2.37. The van der Waals surface area contributed by atoms with Crippen LogP contribution in [0, 0.1) is 16.7 Å². The molecule has 0 spiro atoms. The van der Waals surface area contributed by atoms with E-state index in [9.17, 15) is 5.26 Å².